The molecule has 1 saturated heterocycles. The average Bonchev–Trinajstić information content (AvgIpc) is 2.87. The first-order valence-electron chi connectivity index (χ1n) is 8.40. The van der Waals surface area contributed by atoms with Gasteiger partial charge in [-0.05, 0) is 24.6 Å². The zero-order chi connectivity index (χ0) is 18.6. The molecule has 1 aliphatic heterocycles. The lowest BCUT2D eigenvalue weighted by atomic mass is 10.2. The second-order valence-electron chi connectivity index (χ2n) is 6.10. The Morgan fingerprint density at radius 2 is 2.15 bits per heavy atom. The van der Waals surface area contributed by atoms with Gasteiger partial charge >= 0.3 is 0 Å². The van der Waals surface area contributed by atoms with Crippen LogP contribution >= 0.6 is 0 Å². The Labute approximate surface area is 152 Å². The summed E-state index contributed by atoms with van der Waals surface area (Å²) in [5.74, 6) is -0.329. The highest BCUT2D eigenvalue weighted by Crippen LogP contribution is 2.18. The molecule has 2 heterocycles. The van der Waals surface area contributed by atoms with Gasteiger partial charge in [-0.25, -0.2) is 8.42 Å². The van der Waals surface area contributed by atoms with E-state index in [0.717, 1.165) is 5.56 Å². The van der Waals surface area contributed by atoms with Crippen molar-refractivity contribution in [2.45, 2.75) is 17.9 Å². The maximum absolute atomic E-state index is 12.8. The van der Waals surface area contributed by atoms with E-state index >= 15 is 0 Å². The van der Waals surface area contributed by atoms with E-state index in [1.807, 2.05) is 6.20 Å². The van der Waals surface area contributed by atoms with Crippen LogP contribution in [0.2, 0.25) is 0 Å². The third-order valence-electron chi connectivity index (χ3n) is 4.13. The normalized spacial score (nSPS) is 16.2. The number of hydrogen-bond donors (Lipinski definition) is 1. The molecule has 1 aliphatic rings. The fourth-order valence-electron chi connectivity index (χ4n) is 2.76. The largest absolute Gasteiger partial charge is 0.380 e. The van der Waals surface area contributed by atoms with Crippen molar-refractivity contribution in [3.8, 4) is 0 Å². The molecule has 26 heavy (non-hydrogen) atoms. The molecular formula is C17H22N4O4S. The number of sulfonamides is 1. The zero-order valence-corrected chi connectivity index (χ0v) is 15.4. The average molecular weight is 378 g/mol. The van der Waals surface area contributed by atoms with Gasteiger partial charge in [-0.3, -0.25) is 9.48 Å². The van der Waals surface area contributed by atoms with Crippen LogP contribution in [0.3, 0.4) is 0 Å². The molecule has 3 rings (SSSR count). The van der Waals surface area contributed by atoms with Crippen molar-refractivity contribution in [3.63, 3.8) is 0 Å². The predicted octanol–water partition coefficient (Wildman–Crippen LogP) is 0.761. The SMILES string of the molecule is Cn1cc(CNC(=O)c2cccc(S(=O)(=O)N3CCCOCC3)c2)cn1. The van der Waals surface area contributed by atoms with Gasteiger partial charge in [0, 0.05) is 50.6 Å². The van der Waals surface area contributed by atoms with Crippen molar-refractivity contribution in [1.82, 2.24) is 19.4 Å². The van der Waals surface area contributed by atoms with Gasteiger partial charge in [-0.1, -0.05) is 6.07 Å². The molecule has 1 N–H and O–H groups in total. The van der Waals surface area contributed by atoms with E-state index in [-0.39, 0.29) is 10.8 Å². The molecular weight excluding hydrogens is 356 g/mol. The second kappa shape index (κ2) is 7.98. The van der Waals surface area contributed by atoms with E-state index in [9.17, 15) is 13.2 Å². The van der Waals surface area contributed by atoms with Crippen LogP contribution in [0, 0.1) is 0 Å². The van der Waals surface area contributed by atoms with E-state index in [1.165, 1.54) is 16.4 Å². The molecule has 140 valence electrons. The van der Waals surface area contributed by atoms with Crippen molar-refractivity contribution in [1.29, 1.82) is 0 Å². The molecule has 0 atom stereocenters. The lowest BCUT2D eigenvalue weighted by molar-refractivity contribution is 0.0950. The van der Waals surface area contributed by atoms with E-state index < -0.39 is 10.0 Å². The number of hydrogen-bond acceptors (Lipinski definition) is 5. The van der Waals surface area contributed by atoms with E-state index in [2.05, 4.69) is 10.4 Å². The van der Waals surface area contributed by atoms with Crippen molar-refractivity contribution >= 4 is 15.9 Å². The summed E-state index contributed by atoms with van der Waals surface area (Å²) in [4.78, 5) is 12.5. The first-order valence-corrected chi connectivity index (χ1v) is 9.84. The fraction of sp³-hybridized carbons (Fsp3) is 0.412. The van der Waals surface area contributed by atoms with Gasteiger partial charge in [0.2, 0.25) is 10.0 Å². The molecule has 2 aromatic rings. The van der Waals surface area contributed by atoms with Crippen molar-refractivity contribution in [2.24, 2.45) is 7.05 Å². The Hall–Kier alpha value is -2.23. The minimum absolute atomic E-state index is 0.119. The number of benzene rings is 1. The summed E-state index contributed by atoms with van der Waals surface area (Å²) in [7, 11) is -1.85. The van der Waals surface area contributed by atoms with E-state index in [1.54, 1.807) is 30.1 Å². The summed E-state index contributed by atoms with van der Waals surface area (Å²) >= 11 is 0. The lowest BCUT2D eigenvalue weighted by Crippen LogP contribution is -2.33. The number of carbonyl (C=O) groups is 1. The number of nitrogens with one attached hydrogen (secondary N) is 1. The number of ether oxygens (including phenoxy) is 1. The third-order valence-corrected chi connectivity index (χ3v) is 6.02. The smallest absolute Gasteiger partial charge is 0.251 e. The van der Waals surface area contributed by atoms with Gasteiger partial charge in [0.1, 0.15) is 0 Å². The minimum Gasteiger partial charge on any atom is -0.380 e. The predicted molar refractivity (Wildman–Crippen MR) is 95.0 cm³/mol. The molecule has 0 saturated carbocycles. The molecule has 0 radical (unpaired) electrons. The van der Waals surface area contributed by atoms with Crippen molar-refractivity contribution in [2.75, 3.05) is 26.3 Å². The molecule has 1 aromatic carbocycles. The monoisotopic (exact) mass is 378 g/mol. The zero-order valence-electron chi connectivity index (χ0n) is 14.6. The van der Waals surface area contributed by atoms with Crippen molar-refractivity contribution < 1.29 is 17.9 Å². The molecule has 1 aromatic heterocycles. The molecule has 9 heteroatoms. The highest BCUT2D eigenvalue weighted by atomic mass is 32.2. The number of carbonyl (C=O) groups excluding carboxylic acids is 1. The van der Waals surface area contributed by atoms with Gasteiger partial charge in [-0.2, -0.15) is 9.40 Å². The number of aryl methyl sites for hydroxylation is 1. The van der Waals surface area contributed by atoms with E-state index in [4.69, 9.17) is 4.74 Å². The van der Waals surface area contributed by atoms with Crippen LogP contribution in [0.4, 0.5) is 0 Å². The van der Waals surface area contributed by atoms with Gasteiger partial charge in [-0.15, -0.1) is 0 Å². The summed E-state index contributed by atoms with van der Waals surface area (Å²) in [6, 6.07) is 6.11. The van der Waals surface area contributed by atoms with Gasteiger partial charge in [0.15, 0.2) is 0 Å². The van der Waals surface area contributed by atoms with Crippen LogP contribution in [0.5, 0.6) is 0 Å². The molecule has 8 nitrogen and oxygen atoms in total. The van der Waals surface area contributed by atoms with Crippen LogP contribution in [0.25, 0.3) is 0 Å². The summed E-state index contributed by atoms with van der Waals surface area (Å²) in [5, 5.41) is 6.82. The van der Waals surface area contributed by atoms with Gasteiger partial charge in [0.05, 0.1) is 17.7 Å². The Bertz CT molecular complexity index is 870. The number of nitrogens with zero attached hydrogens (tertiary/aromatic N) is 3. The Morgan fingerprint density at radius 3 is 2.92 bits per heavy atom. The summed E-state index contributed by atoms with van der Waals surface area (Å²) < 4.78 is 34.0. The quantitative estimate of drug-likeness (QED) is 0.829. The first-order chi connectivity index (χ1) is 12.5. The Kier molecular flexibility index (Phi) is 5.70. The maximum atomic E-state index is 12.8. The summed E-state index contributed by atoms with van der Waals surface area (Å²) in [5.41, 5.74) is 1.18. The second-order valence-corrected chi connectivity index (χ2v) is 8.04. The molecule has 0 bridgehead atoms. The highest BCUT2D eigenvalue weighted by molar-refractivity contribution is 7.89. The van der Waals surface area contributed by atoms with Gasteiger partial charge in [0.25, 0.3) is 5.91 Å². The first kappa shape index (κ1) is 18.6. The van der Waals surface area contributed by atoms with Crippen LogP contribution in [-0.2, 0) is 28.4 Å². The van der Waals surface area contributed by atoms with Crippen LogP contribution in [0.15, 0.2) is 41.6 Å². The molecule has 0 unspecified atom stereocenters. The number of aromatic nitrogens is 2. The standard InChI is InChI=1S/C17H22N4O4S/c1-20-13-14(12-19-20)11-18-17(22)15-4-2-5-16(10-15)26(23,24)21-6-3-8-25-9-7-21/h2,4-5,10,12-13H,3,6-9,11H2,1H3,(H,18,22). The minimum atomic E-state index is -3.65. The van der Waals surface area contributed by atoms with E-state index in [0.29, 0.717) is 44.8 Å². The number of rotatable bonds is 5. The number of amides is 1. The summed E-state index contributed by atoms with van der Waals surface area (Å²) in [6.07, 6.45) is 4.13. The topological polar surface area (TPSA) is 93.5 Å². The van der Waals surface area contributed by atoms with Crippen LogP contribution in [-0.4, -0.2) is 54.7 Å². The molecule has 1 fully saturated rings. The van der Waals surface area contributed by atoms with Gasteiger partial charge < -0.3 is 10.1 Å². The molecule has 1 amide bonds. The summed E-state index contributed by atoms with van der Waals surface area (Å²) in [6.45, 7) is 2.00. The molecule has 0 aliphatic carbocycles. The Morgan fingerprint density at radius 1 is 1.31 bits per heavy atom. The third kappa shape index (κ3) is 4.29. The van der Waals surface area contributed by atoms with Crippen LogP contribution < -0.4 is 5.32 Å². The highest BCUT2D eigenvalue weighted by Gasteiger charge is 2.26. The van der Waals surface area contributed by atoms with Crippen molar-refractivity contribution in [3.05, 3.63) is 47.8 Å². The van der Waals surface area contributed by atoms with Crippen LogP contribution in [0.1, 0.15) is 22.3 Å². The molecule has 0 spiro atoms. The Balaban J connectivity index is 1.73. The lowest BCUT2D eigenvalue weighted by Gasteiger charge is -2.19. The fourth-order valence-corrected chi connectivity index (χ4v) is 4.27. The maximum Gasteiger partial charge on any atom is 0.251 e.